The molecule has 20 heavy (non-hydrogen) atoms. The lowest BCUT2D eigenvalue weighted by atomic mass is 10.4. The fourth-order valence-electron chi connectivity index (χ4n) is 0.937. The maximum Gasteiger partial charge on any atom is 0.407 e. The Hall–Kier alpha value is -2.31. The molecule has 0 aromatic rings. The lowest BCUT2D eigenvalue weighted by molar-refractivity contribution is -0.140. The molecule has 0 bridgehead atoms. The third-order valence-electron chi connectivity index (χ3n) is 1.89. The number of rotatable bonds is 8. The summed E-state index contributed by atoms with van der Waals surface area (Å²) in [5, 5.41) is 2.38. The molecule has 0 rings (SSSR count). The van der Waals surface area contributed by atoms with Gasteiger partial charge < -0.3 is 19.5 Å². The Morgan fingerprint density at radius 3 is 2.50 bits per heavy atom. The van der Waals surface area contributed by atoms with E-state index >= 15 is 0 Å². The van der Waals surface area contributed by atoms with Gasteiger partial charge >= 0.3 is 18.0 Å². The maximum atomic E-state index is 11.3. The van der Waals surface area contributed by atoms with E-state index in [2.05, 4.69) is 18.5 Å². The molecular weight excluding hydrogens is 266 g/mol. The van der Waals surface area contributed by atoms with Crippen LogP contribution in [-0.4, -0.2) is 43.9 Å². The van der Waals surface area contributed by atoms with Gasteiger partial charge in [0.15, 0.2) is 0 Å². The van der Waals surface area contributed by atoms with Crippen molar-refractivity contribution in [2.24, 2.45) is 0 Å². The van der Waals surface area contributed by atoms with Crippen LogP contribution < -0.4 is 5.32 Å². The zero-order chi connectivity index (χ0) is 15.5. The summed E-state index contributed by atoms with van der Waals surface area (Å²) < 4.78 is 14.3. The van der Waals surface area contributed by atoms with Gasteiger partial charge in [-0.15, -0.1) is 0 Å². The fourth-order valence-corrected chi connectivity index (χ4v) is 0.937. The average molecular weight is 285 g/mol. The van der Waals surface area contributed by atoms with Crippen LogP contribution in [0.4, 0.5) is 4.79 Å². The standard InChI is InChI=1S/C13H19NO6/c1-5-11(15)19-8-10(4)20-13(17)14-6-7-18-12(16)9(2)3/h5,10H,1-2,6-8H2,3-4H3,(H,14,17). The Morgan fingerprint density at radius 1 is 1.30 bits per heavy atom. The first-order valence-corrected chi connectivity index (χ1v) is 5.93. The summed E-state index contributed by atoms with van der Waals surface area (Å²) in [4.78, 5) is 33.1. The first-order chi connectivity index (χ1) is 9.36. The van der Waals surface area contributed by atoms with Gasteiger partial charge in [-0.3, -0.25) is 0 Å². The topological polar surface area (TPSA) is 90.9 Å². The van der Waals surface area contributed by atoms with Crippen LogP contribution in [0.15, 0.2) is 24.8 Å². The molecule has 1 amide bonds. The molecule has 0 aliphatic rings. The van der Waals surface area contributed by atoms with Gasteiger partial charge in [0.2, 0.25) is 0 Å². The van der Waals surface area contributed by atoms with Gasteiger partial charge in [-0.25, -0.2) is 14.4 Å². The third-order valence-corrected chi connectivity index (χ3v) is 1.89. The molecule has 0 heterocycles. The summed E-state index contributed by atoms with van der Waals surface area (Å²) in [6.45, 7) is 9.80. The minimum atomic E-state index is -0.696. The first-order valence-electron chi connectivity index (χ1n) is 5.93. The molecule has 7 heteroatoms. The molecule has 0 fully saturated rings. The number of hydrogen-bond donors (Lipinski definition) is 1. The van der Waals surface area contributed by atoms with Crippen molar-refractivity contribution in [3.05, 3.63) is 24.8 Å². The Kier molecular flexibility index (Phi) is 8.49. The van der Waals surface area contributed by atoms with Crippen molar-refractivity contribution in [1.82, 2.24) is 5.32 Å². The Morgan fingerprint density at radius 2 is 1.95 bits per heavy atom. The predicted molar refractivity (Wildman–Crippen MR) is 70.9 cm³/mol. The zero-order valence-electron chi connectivity index (χ0n) is 11.6. The van der Waals surface area contributed by atoms with Crippen molar-refractivity contribution < 1.29 is 28.6 Å². The predicted octanol–water partition coefficient (Wildman–Crippen LogP) is 0.950. The summed E-state index contributed by atoms with van der Waals surface area (Å²) in [5.74, 6) is -1.11. The van der Waals surface area contributed by atoms with Gasteiger partial charge in [-0.2, -0.15) is 0 Å². The lowest BCUT2D eigenvalue weighted by Gasteiger charge is -2.13. The SMILES string of the molecule is C=CC(=O)OCC(C)OC(=O)NCCOC(=O)C(=C)C. The number of carbonyl (C=O) groups excluding carboxylic acids is 3. The minimum absolute atomic E-state index is 0.0145. The van der Waals surface area contributed by atoms with E-state index in [0.29, 0.717) is 0 Å². The maximum absolute atomic E-state index is 11.3. The number of amides is 1. The number of hydrogen-bond acceptors (Lipinski definition) is 6. The molecule has 1 unspecified atom stereocenters. The molecule has 1 N–H and O–H groups in total. The van der Waals surface area contributed by atoms with Gasteiger partial charge in [-0.05, 0) is 13.8 Å². The summed E-state index contributed by atoms with van der Waals surface area (Å²) in [5.41, 5.74) is 0.283. The molecule has 0 spiro atoms. The smallest absolute Gasteiger partial charge is 0.407 e. The van der Waals surface area contributed by atoms with E-state index in [1.54, 1.807) is 6.92 Å². The van der Waals surface area contributed by atoms with Crippen molar-refractivity contribution >= 4 is 18.0 Å². The second kappa shape index (κ2) is 9.60. The van der Waals surface area contributed by atoms with E-state index in [4.69, 9.17) is 14.2 Å². The highest BCUT2D eigenvalue weighted by Crippen LogP contribution is 1.94. The van der Waals surface area contributed by atoms with E-state index in [-0.39, 0.29) is 25.3 Å². The zero-order valence-corrected chi connectivity index (χ0v) is 11.6. The molecule has 0 aliphatic carbocycles. The van der Waals surface area contributed by atoms with Crippen LogP contribution in [0.5, 0.6) is 0 Å². The number of nitrogens with one attached hydrogen (secondary N) is 1. The van der Waals surface area contributed by atoms with Crippen molar-refractivity contribution in [3.63, 3.8) is 0 Å². The van der Waals surface area contributed by atoms with Crippen molar-refractivity contribution in [1.29, 1.82) is 0 Å². The second-order valence-corrected chi connectivity index (χ2v) is 3.89. The van der Waals surface area contributed by atoms with Gasteiger partial charge in [0.25, 0.3) is 0 Å². The Labute approximate surface area is 117 Å². The van der Waals surface area contributed by atoms with Gasteiger partial charge in [-0.1, -0.05) is 13.2 Å². The van der Waals surface area contributed by atoms with Gasteiger partial charge in [0.1, 0.15) is 19.3 Å². The highest BCUT2D eigenvalue weighted by Gasteiger charge is 2.11. The highest BCUT2D eigenvalue weighted by atomic mass is 16.6. The summed E-state index contributed by atoms with van der Waals surface area (Å²) >= 11 is 0. The molecule has 0 aliphatic heterocycles. The van der Waals surface area contributed by atoms with Crippen LogP contribution in [0.25, 0.3) is 0 Å². The molecular formula is C13H19NO6. The lowest BCUT2D eigenvalue weighted by Crippen LogP contribution is -2.32. The first kappa shape index (κ1) is 17.7. The molecule has 0 saturated heterocycles. The normalized spacial score (nSPS) is 10.9. The Bertz CT molecular complexity index is 390. The van der Waals surface area contributed by atoms with Crippen LogP contribution in [0.2, 0.25) is 0 Å². The number of carbonyl (C=O) groups is 3. The van der Waals surface area contributed by atoms with E-state index in [1.165, 1.54) is 6.92 Å². The molecule has 7 nitrogen and oxygen atoms in total. The number of esters is 2. The van der Waals surface area contributed by atoms with Crippen LogP contribution >= 0.6 is 0 Å². The number of alkyl carbamates (subject to hydrolysis) is 1. The van der Waals surface area contributed by atoms with Crippen molar-refractivity contribution in [3.8, 4) is 0 Å². The monoisotopic (exact) mass is 285 g/mol. The molecule has 0 saturated carbocycles. The fraction of sp³-hybridized carbons (Fsp3) is 0.462. The summed E-state index contributed by atoms with van der Waals surface area (Å²) in [7, 11) is 0. The second-order valence-electron chi connectivity index (χ2n) is 3.89. The molecule has 0 radical (unpaired) electrons. The largest absolute Gasteiger partial charge is 0.460 e. The van der Waals surface area contributed by atoms with Gasteiger partial charge in [0, 0.05) is 11.6 Å². The quantitative estimate of drug-likeness (QED) is 0.309. The van der Waals surface area contributed by atoms with Crippen LogP contribution in [0.1, 0.15) is 13.8 Å². The Balaban J connectivity index is 3.72. The molecule has 0 aromatic heterocycles. The van der Waals surface area contributed by atoms with Crippen LogP contribution in [0, 0.1) is 0 Å². The number of ether oxygens (including phenoxy) is 3. The molecule has 0 aromatic carbocycles. The van der Waals surface area contributed by atoms with Crippen LogP contribution in [-0.2, 0) is 23.8 Å². The van der Waals surface area contributed by atoms with Crippen LogP contribution in [0.3, 0.4) is 0 Å². The van der Waals surface area contributed by atoms with Gasteiger partial charge in [0.05, 0.1) is 6.54 Å². The minimum Gasteiger partial charge on any atom is -0.460 e. The molecule has 1 atom stereocenters. The van der Waals surface area contributed by atoms with Crippen molar-refractivity contribution in [2.75, 3.05) is 19.8 Å². The van der Waals surface area contributed by atoms with E-state index in [9.17, 15) is 14.4 Å². The van der Waals surface area contributed by atoms with E-state index < -0.39 is 24.1 Å². The van der Waals surface area contributed by atoms with E-state index in [0.717, 1.165) is 6.08 Å². The third kappa shape index (κ3) is 8.73. The summed E-state index contributed by atoms with van der Waals surface area (Å²) in [6.07, 6.45) is -0.279. The average Bonchev–Trinajstić information content (AvgIpc) is 2.40. The van der Waals surface area contributed by atoms with E-state index in [1.807, 2.05) is 0 Å². The van der Waals surface area contributed by atoms with Crippen molar-refractivity contribution in [2.45, 2.75) is 20.0 Å². The molecule has 112 valence electrons. The highest BCUT2D eigenvalue weighted by molar-refractivity contribution is 5.86. The summed E-state index contributed by atoms with van der Waals surface area (Å²) in [6, 6.07) is 0.